The number of benzene rings is 2. The van der Waals surface area contributed by atoms with E-state index in [2.05, 4.69) is 29.2 Å². The second-order valence-electron chi connectivity index (χ2n) is 6.83. The summed E-state index contributed by atoms with van der Waals surface area (Å²) in [5, 5.41) is 1.42. The first-order valence-corrected chi connectivity index (χ1v) is 9.49. The molecule has 1 aromatic heterocycles. The Bertz CT molecular complexity index is 989. The minimum absolute atomic E-state index is 0.314. The van der Waals surface area contributed by atoms with Gasteiger partial charge in [-0.15, -0.1) is 0 Å². The highest BCUT2D eigenvalue weighted by molar-refractivity contribution is 6.31. The summed E-state index contributed by atoms with van der Waals surface area (Å²) in [7, 11) is 1.42. The minimum Gasteiger partial charge on any atom is -0.465 e. The van der Waals surface area contributed by atoms with Crippen molar-refractivity contribution < 1.29 is 9.53 Å². The summed E-state index contributed by atoms with van der Waals surface area (Å²) in [6.45, 7) is 2.58. The van der Waals surface area contributed by atoms with Crippen LogP contribution in [0.4, 0.5) is 0 Å². The van der Waals surface area contributed by atoms with Crippen LogP contribution >= 0.6 is 11.6 Å². The number of esters is 1. The molecule has 0 atom stereocenters. The normalized spacial score (nSPS) is 14.1. The molecular weight excluding hydrogens is 360 g/mol. The Kier molecular flexibility index (Phi) is 5.10. The number of hydrogen-bond donors (Lipinski definition) is 0. The molecule has 1 aliphatic heterocycles. The minimum atomic E-state index is -0.314. The number of carbonyl (C=O) groups is 1. The second kappa shape index (κ2) is 7.67. The van der Waals surface area contributed by atoms with Crippen molar-refractivity contribution in [1.82, 2.24) is 9.88 Å². The zero-order valence-electron chi connectivity index (χ0n) is 15.2. The number of nitrogens with zero attached hydrogens (tertiary/aromatic N) is 2. The van der Waals surface area contributed by atoms with Gasteiger partial charge in [-0.25, -0.2) is 4.79 Å². The first-order chi connectivity index (χ1) is 13.2. The van der Waals surface area contributed by atoms with Gasteiger partial charge in [0, 0.05) is 47.7 Å². The van der Waals surface area contributed by atoms with E-state index in [4.69, 9.17) is 21.3 Å². The molecule has 0 saturated heterocycles. The Hall–Kier alpha value is -2.43. The maximum Gasteiger partial charge on any atom is 0.338 e. The van der Waals surface area contributed by atoms with Crippen LogP contribution in [0.2, 0.25) is 5.02 Å². The van der Waals surface area contributed by atoms with Gasteiger partial charge in [0.2, 0.25) is 0 Å². The van der Waals surface area contributed by atoms with Gasteiger partial charge in [-0.1, -0.05) is 48.0 Å². The van der Waals surface area contributed by atoms with E-state index in [1.807, 2.05) is 18.2 Å². The molecule has 0 radical (unpaired) electrons. The van der Waals surface area contributed by atoms with Gasteiger partial charge in [-0.3, -0.25) is 9.88 Å². The van der Waals surface area contributed by atoms with Gasteiger partial charge in [0.25, 0.3) is 0 Å². The summed E-state index contributed by atoms with van der Waals surface area (Å²) < 4.78 is 5.09. The van der Waals surface area contributed by atoms with Crippen molar-refractivity contribution in [2.45, 2.75) is 19.4 Å². The third-order valence-corrected chi connectivity index (χ3v) is 5.37. The van der Waals surface area contributed by atoms with Crippen LogP contribution in [0.1, 0.15) is 27.2 Å². The summed E-state index contributed by atoms with van der Waals surface area (Å²) in [5.41, 5.74) is 4.65. The van der Waals surface area contributed by atoms with E-state index in [1.165, 1.54) is 12.7 Å². The number of ether oxygens (including phenoxy) is 1. The molecule has 138 valence electrons. The van der Waals surface area contributed by atoms with E-state index in [9.17, 15) is 4.79 Å². The van der Waals surface area contributed by atoms with Crippen LogP contribution in [-0.4, -0.2) is 36.1 Å². The molecule has 1 aliphatic rings. The number of aromatic nitrogens is 1. The predicted molar refractivity (Wildman–Crippen MR) is 107 cm³/mol. The van der Waals surface area contributed by atoms with Crippen LogP contribution in [0.15, 0.2) is 48.5 Å². The fraction of sp³-hybridized carbons (Fsp3) is 0.273. The Balaban J connectivity index is 1.67. The fourth-order valence-electron chi connectivity index (χ4n) is 3.73. The first-order valence-electron chi connectivity index (χ1n) is 9.11. The summed E-state index contributed by atoms with van der Waals surface area (Å²) in [6, 6.07) is 15.9. The number of fused-ring (bicyclic) bond motifs is 2. The number of carbonyl (C=O) groups excluding carboxylic acids is 1. The van der Waals surface area contributed by atoms with E-state index in [0.29, 0.717) is 17.1 Å². The number of methoxy groups -OCH3 is 1. The summed E-state index contributed by atoms with van der Waals surface area (Å²) in [5.74, 6) is -0.314. The highest BCUT2D eigenvalue weighted by Crippen LogP contribution is 2.30. The summed E-state index contributed by atoms with van der Waals surface area (Å²) >= 11 is 6.13. The summed E-state index contributed by atoms with van der Waals surface area (Å²) in [6.07, 6.45) is 1.80. The van der Waals surface area contributed by atoms with Crippen molar-refractivity contribution in [3.8, 4) is 0 Å². The standard InChI is InChI=1S/C22H21ClN2O2/c1-27-22(26)21-17-8-7-16(23)13-20(17)24-19-10-12-25(14-18(19)21)11-9-15-5-3-2-4-6-15/h2-8,13H,9-12,14H2,1H3. The van der Waals surface area contributed by atoms with Crippen molar-refractivity contribution in [2.24, 2.45) is 0 Å². The molecular formula is C22H21ClN2O2. The van der Waals surface area contributed by atoms with Crippen LogP contribution in [-0.2, 0) is 24.1 Å². The van der Waals surface area contributed by atoms with Crippen molar-refractivity contribution in [1.29, 1.82) is 0 Å². The number of pyridine rings is 1. The Morgan fingerprint density at radius 2 is 2.04 bits per heavy atom. The molecule has 2 aromatic carbocycles. The van der Waals surface area contributed by atoms with Crippen molar-refractivity contribution >= 4 is 28.5 Å². The molecule has 0 spiro atoms. The lowest BCUT2D eigenvalue weighted by molar-refractivity contribution is 0.0599. The van der Waals surface area contributed by atoms with Crippen LogP contribution in [0.25, 0.3) is 10.9 Å². The molecule has 0 saturated carbocycles. The highest BCUT2D eigenvalue weighted by Gasteiger charge is 2.26. The fourth-order valence-corrected chi connectivity index (χ4v) is 3.90. The molecule has 0 N–H and O–H groups in total. The highest BCUT2D eigenvalue weighted by atomic mass is 35.5. The van der Waals surface area contributed by atoms with Crippen LogP contribution in [0.3, 0.4) is 0 Å². The van der Waals surface area contributed by atoms with E-state index in [0.717, 1.165) is 48.1 Å². The molecule has 0 aliphatic carbocycles. The van der Waals surface area contributed by atoms with E-state index >= 15 is 0 Å². The van der Waals surface area contributed by atoms with Gasteiger partial charge in [-0.05, 0) is 24.1 Å². The van der Waals surface area contributed by atoms with Gasteiger partial charge in [-0.2, -0.15) is 0 Å². The predicted octanol–water partition coefficient (Wildman–Crippen LogP) is 4.28. The molecule has 5 heteroatoms. The van der Waals surface area contributed by atoms with Gasteiger partial charge in [0.05, 0.1) is 18.2 Å². The van der Waals surface area contributed by atoms with E-state index in [1.54, 1.807) is 6.07 Å². The topological polar surface area (TPSA) is 42.4 Å². The second-order valence-corrected chi connectivity index (χ2v) is 7.26. The Labute approximate surface area is 163 Å². The van der Waals surface area contributed by atoms with Gasteiger partial charge >= 0.3 is 5.97 Å². The third kappa shape index (κ3) is 3.68. The molecule has 4 nitrogen and oxygen atoms in total. The van der Waals surface area contributed by atoms with E-state index < -0.39 is 0 Å². The van der Waals surface area contributed by atoms with Crippen LogP contribution < -0.4 is 0 Å². The van der Waals surface area contributed by atoms with Gasteiger partial charge in [0.1, 0.15) is 0 Å². The average molecular weight is 381 g/mol. The molecule has 2 heterocycles. The Morgan fingerprint density at radius 1 is 1.22 bits per heavy atom. The molecule has 0 fully saturated rings. The largest absolute Gasteiger partial charge is 0.465 e. The smallest absolute Gasteiger partial charge is 0.338 e. The molecule has 27 heavy (non-hydrogen) atoms. The number of halogens is 1. The maximum absolute atomic E-state index is 12.6. The first kappa shape index (κ1) is 18.0. The SMILES string of the molecule is COC(=O)c1c2c(nc3cc(Cl)ccc13)CCN(CCc1ccccc1)C2. The molecule has 0 amide bonds. The lowest BCUT2D eigenvalue weighted by Crippen LogP contribution is -2.34. The lowest BCUT2D eigenvalue weighted by atomic mass is 9.95. The number of hydrogen-bond acceptors (Lipinski definition) is 4. The van der Waals surface area contributed by atoms with Gasteiger partial charge < -0.3 is 4.74 Å². The molecule has 3 aromatic rings. The van der Waals surface area contributed by atoms with Gasteiger partial charge in [0.15, 0.2) is 0 Å². The van der Waals surface area contributed by atoms with E-state index in [-0.39, 0.29) is 5.97 Å². The van der Waals surface area contributed by atoms with Crippen molar-refractivity contribution in [3.05, 3.63) is 75.9 Å². The average Bonchev–Trinajstić information content (AvgIpc) is 2.70. The Morgan fingerprint density at radius 3 is 2.81 bits per heavy atom. The molecule has 0 unspecified atom stereocenters. The summed E-state index contributed by atoms with van der Waals surface area (Å²) in [4.78, 5) is 19.7. The zero-order chi connectivity index (χ0) is 18.8. The lowest BCUT2D eigenvalue weighted by Gasteiger charge is -2.30. The third-order valence-electron chi connectivity index (χ3n) is 5.13. The molecule has 0 bridgehead atoms. The quantitative estimate of drug-likeness (QED) is 0.634. The maximum atomic E-state index is 12.6. The number of rotatable bonds is 4. The zero-order valence-corrected chi connectivity index (χ0v) is 16.0. The van der Waals surface area contributed by atoms with Crippen molar-refractivity contribution in [2.75, 3.05) is 20.2 Å². The van der Waals surface area contributed by atoms with Crippen molar-refractivity contribution in [3.63, 3.8) is 0 Å². The molecule has 4 rings (SSSR count). The monoisotopic (exact) mass is 380 g/mol. The van der Waals surface area contributed by atoms with Crippen LogP contribution in [0.5, 0.6) is 0 Å². The van der Waals surface area contributed by atoms with Crippen LogP contribution in [0, 0.1) is 0 Å².